The third-order valence-corrected chi connectivity index (χ3v) is 1.23. The van der Waals surface area contributed by atoms with Crippen LogP contribution in [0.3, 0.4) is 0 Å². The monoisotopic (exact) mass is 139 g/mol. The highest BCUT2D eigenvalue weighted by Gasteiger charge is 1.97. The van der Waals surface area contributed by atoms with Crippen molar-refractivity contribution >= 4 is 11.2 Å². The Hall–Kier alpha value is -1.65. The molecule has 0 unspecified atom stereocenters. The van der Waals surface area contributed by atoms with Crippen LogP contribution < -0.4 is 5.56 Å². The second-order valence-corrected chi connectivity index (χ2v) is 1.83. The van der Waals surface area contributed by atoms with E-state index < -0.39 is 0 Å². The molecule has 0 atom stereocenters. The van der Waals surface area contributed by atoms with E-state index >= 15 is 0 Å². The molecule has 50 valence electrons. The number of nitrogens with one attached hydrogen (secondary N) is 2. The molecule has 0 aliphatic carbocycles. The largest absolute Gasteiger partial charge is 0.339 e. The van der Waals surface area contributed by atoms with Crippen LogP contribution in [0.4, 0.5) is 0 Å². The lowest BCUT2D eigenvalue weighted by molar-refractivity contribution is 1.15. The first-order chi connectivity index (χ1) is 4.88. The Balaban J connectivity index is 3.09. The number of hydrogen-bond donors (Lipinski definition) is 2. The van der Waals surface area contributed by atoms with Gasteiger partial charge in [-0.1, -0.05) is 0 Å². The predicted molar refractivity (Wildman–Crippen MR) is 34.5 cm³/mol. The highest BCUT2D eigenvalue weighted by molar-refractivity contribution is 5.67. The molecule has 0 spiro atoms. The first kappa shape index (κ1) is 5.16. The Morgan fingerprint density at radius 2 is 1.90 bits per heavy atom. The van der Waals surface area contributed by atoms with Crippen molar-refractivity contribution < 1.29 is 0 Å². The minimum absolute atomic E-state index is 0.192. The summed E-state index contributed by atoms with van der Waals surface area (Å²) in [4.78, 5) is 23.6. The lowest BCUT2D eigenvalue weighted by atomic mass is 10.7. The van der Waals surface area contributed by atoms with E-state index in [1.54, 1.807) is 0 Å². The van der Waals surface area contributed by atoms with E-state index in [1.165, 1.54) is 12.7 Å². The van der Waals surface area contributed by atoms with Crippen molar-refractivity contribution in [1.82, 2.24) is 19.9 Å². The number of rotatable bonds is 0. The average molecular weight is 139 g/mol. The van der Waals surface area contributed by atoms with Gasteiger partial charge in [0.25, 0.3) is 5.56 Å². The Bertz CT molecular complexity index is 401. The van der Waals surface area contributed by atoms with Crippen molar-refractivity contribution in [3.05, 3.63) is 23.0 Å². The fraction of sp³-hybridized carbons (Fsp3) is 0. The van der Waals surface area contributed by atoms with Crippen molar-refractivity contribution in [2.45, 2.75) is 0 Å². The summed E-state index contributed by atoms with van der Waals surface area (Å²) in [5.74, 6) is 0. The second-order valence-electron chi connectivity index (χ2n) is 1.83. The van der Waals surface area contributed by atoms with Gasteiger partial charge in [-0.2, -0.15) is 0 Å². The van der Waals surface area contributed by atoms with Crippen molar-refractivity contribution in [1.29, 1.82) is 0 Å². The summed E-state index contributed by atoms with van der Waals surface area (Å²) in [7, 11) is 0. The van der Waals surface area contributed by atoms with Crippen LogP contribution in [-0.4, -0.2) is 19.9 Å². The van der Waals surface area contributed by atoms with E-state index in [9.17, 15) is 4.79 Å². The molecule has 0 fully saturated rings. The van der Waals surface area contributed by atoms with Gasteiger partial charge >= 0.3 is 0 Å². The predicted octanol–water partition coefficient (Wildman–Crippen LogP) is -0.354. The summed E-state index contributed by atoms with van der Waals surface area (Å²) >= 11 is 0. The van der Waals surface area contributed by atoms with Gasteiger partial charge in [0.2, 0.25) is 0 Å². The van der Waals surface area contributed by atoms with Crippen molar-refractivity contribution in [3.8, 4) is 0 Å². The Labute approximate surface area is 55.1 Å². The van der Waals surface area contributed by atoms with Gasteiger partial charge in [-0.25, -0.2) is 9.97 Å². The van der Waals surface area contributed by atoms with Crippen LogP contribution in [0.2, 0.25) is 0 Å². The van der Waals surface area contributed by atoms with Crippen molar-refractivity contribution in [2.24, 2.45) is 0 Å². The number of imidazole rings is 1. The molecule has 0 aliphatic heterocycles. The average Bonchev–Trinajstić information content (AvgIpc) is 2.36. The molecule has 5 heteroatoms. The van der Waals surface area contributed by atoms with Gasteiger partial charge < -0.3 is 9.97 Å². The Morgan fingerprint density at radius 3 is 2.60 bits per heavy atom. The topological polar surface area (TPSA) is 74.4 Å². The SMILES string of the molecule is O=c1[nH]cn[13c]2n[13cH][15nH]c12. The third-order valence-electron chi connectivity index (χ3n) is 1.23. The van der Waals surface area contributed by atoms with Gasteiger partial charge in [-0.3, -0.25) is 4.79 Å². The number of hydrogen-bond acceptors (Lipinski definition) is 3. The fourth-order valence-corrected chi connectivity index (χ4v) is 0.776. The van der Waals surface area contributed by atoms with Gasteiger partial charge in [-0.15, -0.1) is 0 Å². The molecule has 10 heavy (non-hydrogen) atoms. The van der Waals surface area contributed by atoms with E-state index in [2.05, 4.69) is 19.9 Å². The summed E-state index contributed by atoms with van der Waals surface area (Å²) in [6, 6.07) is 0. The van der Waals surface area contributed by atoms with E-state index in [0.717, 1.165) is 0 Å². The van der Waals surface area contributed by atoms with Gasteiger partial charge in [0.05, 0.1) is 12.7 Å². The summed E-state index contributed by atoms with van der Waals surface area (Å²) in [6.45, 7) is 0. The smallest absolute Gasteiger partial charge is 0.276 e. The van der Waals surface area contributed by atoms with E-state index in [-0.39, 0.29) is 5.56 Å². The van der Waals surface area contributed by atoms with Crippen LogP contribution in [0.5, 0.6) is 0 Å². The quantitative estimate of drug-likeness (QED) is 0.523. The van der Waals surface area contributed by atoms with Crippen LogP contribution in [0, 0.1) is 0 Å². The molecule has 2 heterocycles. The van der Waals surface area contributed by atoms with E-state index in [4.69, 9.17) is 0 Å². The first-order valence-electron chi connectivity index (χ1n) is 2.75. The molecule has 5 nitrogen and oxygen atoms in total. The summed E-state index contributed by atoms with van der Waals surface area (Å²) < 4.78 is 0. The zero-order valence-corrected chi connectivity index (χ0v) is 4.96. The molecule has 2 N–H and O–H groups in total. The van der Waals surface area contributed by atoms with Crippen molar-refractivity contribution in [3.63, 3.8) is 0 Å². The molecule has 2 aromatic heterocycles. The van der Waals surface area contributed by atoms with Gasteiger partial charge in [0.1, 0.15) is 0 Å². The summed E-state index contributed by atoms with van der Waals surface area (Å²) in [5, 5.41) is 0. The summed E-state index contributed by atoms with van der Waals surface area (Å²) in [6.07, 6.45) is 2.76. The van der Waals surface area contributed by atoms with Crippen LogP contribution in [0.25, 0.3) is 11.2 Å². The molecule has 0 saturated heterocycles. The zero-order valence-electron chi connectivity index (χ0n) is 4.96. The van der Waals surface area contributed by atoms with Crippen LogP contribution in [0.15, 0.2) is 17.4 Å². The number of aromatic amines is 2. The van der Waals surface area contributed by atoms with E-state index in [1.807, 2.05) is 0 Å². The molecule has 0 aliphatic rings. The van der Waals surface area contributed by atoms with Gasteiger partial charge in [-0.05, 0) is 0 Å². The fourth-order valence-electron chi connectivity index (χ4n) is 0.776. The maximum Gasteiger partial charge on any atom is 0.276 e. The standard InChI is InChI=1S/C5H4N4O/c10-5-3-4(7-1-6-3)8-2-9-5/h1-2H,(H2,6,7,8,9,10)/i1+1,4+1,6+1. The molecule has 2 aromatic rings. The molecule has 0 amide bonds. The second kappa shape index (κ2) is 1.66. The lowest BCUT2D eigenvalue weighted by Gasteiger charge is -1.81. The summed E-state index contributed by atoms with van der Waals surface area (Å²) in [5.41, 5.74) is 0.675. The number of aromatic nitrogens is 4. The molecule has 0 bridgehead atoms. The lowest BCUT2D eigenvalue weighted by Crippen LogP contribution is -2.05. The van der Waals surface area contributed by atoms with Gasteiger partial charge in [0.15, 0.2) is 11.2 Å². The molecular weight excluding hydrogens is 135 g/mol. The Morgan fingerprint density at radius 1 is 1.20 bits per heavy atom. The number of nitrogens with zero attached hydrogens (tertiary/aromatic N) is 2. The van der Waals surface area contributed by atoms with Crippen LogP contribution in [0.1, 0.15) is 0 Å². The minimum atomic E-state index is -0.192. The Kier molecular flexibility index (Phi) is 0.858. The molecular formula is C5H4N4O. The molecule has 0 saturated carbocycles. The number of fused-ring (bicyclic) bond motifs is 1. The van der Waals surface area contributed by atoms with Crippen LogP contribution >= 0.6 is 0 Å². The van der Waals surface area contributed by atoms with E-state index in [0.29, 0.717) is 11.2 Å². The molecule has 0 radical (unpaired) electrons. The van der Waals surface area contributed by atoms with Crippen LogP contribution in [-0.2, 0) is 0 Å². The zero-order chi connectivity index (χ0) is 6.97. The number of H-pyrrole nitrogens is 2. The maximum absolute atomic E-state index is 10.9. The third kappa shape index (κ3) is 0.540. The normalized spacial score (nSPS) is 10.4. The minimum Gasteiger partial charge on any atom is -0.339 e. The molecule has 2 rings (SSSR count). The molecule has 0 aromatic carbocycles. The van der Waals surface area contributed by atoms with Crippen molar-refractivity contribution in [2.75, 3.05) is 0 Å². The highest BCUT2D eigenvalue weighted by atomic mass is 16.1. The highest BCUT2D eigenvalue weighted by Crippen LogP contribution is 1.94. The first-order valence-corrected chi connectivity index (χ1v) is 2.75. The van der Waals surface area contributed by atoms with Gasteiger partial charge in [0, 0.05) is 0 Å². The maximum atomic E-state index is 10.9.